The molecule has 2 aromatic heterocycles. The summed E-state index contributed by atoms with van der Waals surface area (Å²) in [6, 6.07) is 2.15. The van der Waals surface area contributed by atoms with Crippen LogP contribution < -0.4 is 10.9 Å². The van der Waals surface area contributed by atoms with E-state index in [1.54, 1.807) is 6.26 Å². The fourth-order valence-corrected chi connectivity index (χ4v) is 3.30. The molecule has 0 saturated heterocycles. The predicted octanol–water partition coefficient (Wildman–Crippen LogP) is 4.31. The van der Waals surface area contributed by atoms with Gasteiger partial charge in [-0.15, -0.1) is 0 Å². The summed E-state index contributed by atoms with van der Waals surface area (Å²) in [4.78, 5) is 24.6. The molecule has 0 bridgehead atoms. The Morgan fingerprint density at radius 2 is 1.88 bits per heavy atom. The molecule has 0 radical (unpaired) electrons. The summed E-state index contributed by atoms with van der Waals surface area (Å²) in [6.07, 6.45) is 3.23. The molecule has 138 valence electrons. The number of nitrogens with one attached hydrogen (secondary N) is 1. The second-order valence-corrected chi connectivity index (χ2v) is 7.04. The number of benzene rings is 1. The van der Waals surface area contributed by atoms with Crippen LogP contribution in [0.1, 0.15) is 48.9 Å². The van der Waals surface area contributed by atoms with E-state index >= 15 is 0 Å². The lowest BCUT2D eigenvalue weighted by Crippen LogP contribution is -2.32. The van der Waals surface area contributed by atoms with Gasteiger partial charge in [-0.2, -0.15) is 0 Å². The number of hydrogen-bond donors (Lipinski definition) is 1. The molecule has 26 heavy (non-hydrogen) atoms. The van der Waals surface area contributed by atoms with Crippen LogP contribution in [-0.2, 0) is 11.2 Å². The van der Waals surface area contributed by atoms with Crippen LogP contribution in [-0.4, -0.2) is 11.9 Å². The highest BCUT2D eigenvalue weighted by molar-refractivity contribution is 5.99. The Balaban J connectivity index is 2.02. The van der Waals surface area contributed by atoms with Crippen molar-refractivity contribution in [1.82, 2.24) is 5.32 Å². The summed E-state index contributed by atoms with van der Waals surface area (Å²) >= 11 is 0. The zero-order chi connectivity index (χ0) is 19.0. The minimum Gasteiger partial charge on any atom is -0.464 e. The van der Waals surface area contributed by atoms with Crippen LogP contribution in [0.5, 0.6) is 0 Å². The molecule has 0 spiro atoms. The zero-order valence-electron chi connectivity index (χ0n) is 16.0. The van der Waals surface area contributed by atoms with Crippen LogP contribution in [0.4, 0.5) is 0 Å². The second kappa shape index (κ2) is 6.98. The summed E-state index contributed by atoms with van der Waals surface area (Å²) in [5.41, 5.74) is 4.24. The third kappa shape index (κ3) is 3.14. The number of carbonyl (C=O) groups excluding carboxylic acids is 1. The van der Waals surface area contributed by atoms with Gasteiger partial charge in [-0.05, 0) is 57.7 Å². The maximum atomic E-state index is 12.5. The number of fused-ring (bicyclic) bond motifs is 2. The summed E-state index contributed by atoms with van der Waals surface area (Å²) in [5.74, 6) is -0.0458. The van der Waals surface area contributed by atoms with Gasteiger partial charge in [0, 0.05) is 34.4 Å². The molecule has 0 aliphatic carbocycles. The van der Waals surface area contributed by atoms with Crippen molar-refractivity contribution in [3.8, 4) is 0 Å². The van der Waals surface area contributed by atoms with E-state index in [9.17, 15) is 9.59 Å². The molecule has 5 nitrogen and oxygen atoms in total. The van der Waals surface area contributed by atoms with E-state index in [4.69, 9.17) is 8.83 Å². The van der Waals surface area contributed by atoms with Gasteiger partial charge in [0.15, 0.2) is 0 Å². The van der Waals surface area contributed by atoms with Crippen LogP contribution in [0, 0.1) is 20.8 Å². The van der Waals surface area contributed by atoms with Gasteiger partial charge in [0.2, 0.25) is 5.91 Å². The molecule has 0 aliphatic heterocycles. The molecule has 0 saturated carbocycles. The third-order valence-corrected chi connectivity index (χ3v) is 5.16. The van der Waals surface area contributed by atoms with Crippen LogP contribution in [0.2, 0.25) is 0 Å². The standard InChI is InChI=1S/C21H25NO4/c1-6-12(3)22-18(23)8-7-15-13(4)17-9-16-11(2)10-25-19(16)14(5)20(17)26-21(15)24/h9-10,12H,6-8H2,1-5H3,(H,22,23)/t12-/m1/s1. The summed E-state index contributed by atoms with van der Waals surface area (Å²) in [5, 5.41) is 4.85. The van der Waals surface area contributed by atoms with Gasteiger partial charge >= 0.3 is 5.63 Å². The maximum absolute atomic E-state index is 12.5. The molecule has 3 rings (SSSR count). The van der Waals surface area contributed by atoms with E-state index in [1.807, 2.05) is 40.7 Å². The number of furan rings is 1. The molecular formula is C21H25NO4. The van der Waals surface area contributed by atoms with Crippen LogP contribution >= 0.6 is 0 Å². The number of carbonyl (C=O) groups is 1. The van der Waals surface area contributed by atoms with Gasteiger partial charge in [0.1, 0.15) is 11.2 Å². The average Bonchev–Trinajstić information content (AvgIpc) is 2.97. The van der Waals surface area contributed by atoms with Crippen molar-refractivity contribution < 1.29 is 13.6 Å². The van der Waals surface area contributed by atoms with Crippen molar-refractivity contribution in [2.45, 2.75) is 59.9 Å². The first kappa shape index (κ1) is 18.2. The third-order valence-electron chi connectivity index (χ3n) is 5.16. The van der Waals surface area contributed by atoms with Gasteiger partial charge in [0.25, 0.3) is 0 Å². The number of rotatable bonds is 5. The van der Waals surface area contributed by atoms with Crippen LogP contribution in [0.3, 0.4) is 0 Å². The molecule has 2 heterocycles. The van der Waals surface area contributed by atoms with Gasteiger partial charge in [-0.1, -0.05) is 6.92 Å². The van der Waals surface area contributed by atoms with E-state index in [2.05, 4.69) is 5.32 Å². The molecule has 0 unspecified atom stereocenters. The molecule has 5 heteroatoms. The smallest absolute Gasteiger partial charge is 0.339 e. The number of hydrogen-bond acceptors (Lipinski definition) is 4. The first-order valence-electron chi connectivity index (χ1n) is 9.06. The molecule has 0 aliphatic rings. The highest BCUT2D eigenvalue weighted by atomic mass is 16.4. The quantitative estimate of drug-likeness (QED) is 0.692. The SMILES string of the molecule is CC[C@@H](C)NC(=O)CCc1c(C)c2cc3c(C)coc3c(C)c2oc1=O. The molecule has 1 aromatic carbocycles. The van der Waals surface area contributed by atoms with Crippen LogP contribution in [0.25, 0.3) is 21.9 Å². The van der Waals surface area contributed by atoms with Crippen molar-refractivity contribution in [3.05, 3.63) is 45.0 Å². The minimum atomic E-state index is -0.378. The van der Waals surface area contributed by atoms with Gasteiger partial charge in [0.05, 0.1) is 6.26 Å². The fraction of sp³-hybridized carbons (Fsp3) is 0.429. The molecule has 3 aromatic rings. The van der Waals surface area contributed by atoms with Crippen molar-refractivity contribution in [3.63, 3.8) is 0 Å². The summed E-state index contributed by atoms with van der Waals surface area (Å²) < 4.78 is 11.2. The molecular weight excluding hydrogens is 330 g/mol. The lowest BCUT2D eigenvalue weighted by Gasteiger charge is -2.12. The van der Waals surface area contributed by atoms with E-state index in [-0.39, 0.29) is 24.0 Å². The summed E-state index contributed by atoms with van der Waals surface area (Å²) in [6.45, 7) is 9.80. The van der Waals surface area contributed by atoms with E-state index in [0.29, 0.717) is 17.6 Å². The Morgan fingerprint density at radius 1 is 1.15 bits per heavy atom. The Kier molecular flexibility index (Phi) is 4.90. The Labute approximate surface area is 152 Å². The maximum Gasteiger partial charge on any atom is 0.339 e. The highest BCUT2D eigenvalue weighted by Crippen LogP contribution is 2.32. The van der Waals surface area contributed by atoms with Gasteiger partial charge < -0.3 is 14.2 Å². The largest absolute Gasteiger partial charge is 0.464 e. The van der Waals surface area contributed by atoms with Crippen molar-refractivity contribution >= 4 is 27.8 Å². The predicted molar refractivity (Wildman–Crippen MR) is 103 cm³/mol. The normalized spacial score (nSPS) is 12.7. The van der Waals surface area contributed by atoms with Crippen LogP contribution in [0.15, 0.2) is 26.0 Å². The van der Waals surface area contributed by atoms with E-state index in [0.717, 1.165) is 39.5 Å². The van der Waals surface area contributed by atoms with E-state index < -0.39 is 0 Å². The van der Waals surface area contributed by atoms with Crippen molar-refractivity contribution in [2.24, 2.45) is 0 Å². The number of amides is 1. The summed E-state index contributed by atoms with van der Waals surface area (Å²) in [7, 11) is 0. The Bertz CT molecular complexity index is 1040. The van der Waals surface area contributed by atoms with Gasteiger partial charge in [-0.25, -0.2) is 4.79 Å². The van der Waals surface area contributed by atoms with E-state index in [1.165, 1.54) is 0 Å². The molecule has 1 atom stereocenters. The van der Waals surface area contributed by atoms with Crippen molar-refractivity contribution in [2.75, 3.05) is 0 Å². The Hall–Kier alpha value is -2.56. The molecule has 0 fully saturated rings. The lowest BCUT2D eigenvalue weighted by atomic mass is 9.98. The Morgan fingerprint density at radius 3 is 2.58 bits per heavy atom. The average molecular weight is 355 g/mol. The fourth-order valence-electron chi connectivity index (χ4n) is 3.30. The van der Waals surface area contributed by atoms with Crippen molar-refractivity contribution in [1.29, 1.82) is 0 Å². The highest BCUT2D eigenvalue weighted by Gasteiger charge is 2.18. The minimum absolute atomic E-state index is 0.0458. The molecule has 1 amide bonds. The number of aryl methyl sites for hydroxylation is 3. The van der Waals surface area contributed by atoms with Gasteiger partial charge in [-0.3, -0.25) is 4.79 Å². The monoisotopic (exact) mass is 355 g/mol. The lowest BCUT2D eigenvalue weighted by molar-refractivity contribution is -0.121. The molecule has 1 N–H and O–H groups in total. The topological polar surface area (TPSA) is 72.5 Å². The first-order valence-corrected chi connectivity index (χ1v) is 9.06. The first-order chi connectivity index (χ1) is 12.3. The second-order valence-electron chi connectivity index (χ2n) is 7.04. The zero-order valence-corrected chi connectivity index (χ0v) is 16.0.